The number of anilines is 1. The van der Waals surface area contributed by atoms with E-state index >= 15 is 4.79 Å². The largest absolute Gasteiger partial charge is 0.496 e. The van der Waals surface area contributed by atoms with Crippen molar-refractivity contribution in [1.29, 1.82) is 0 Å². The monoisotopic (exact) mass is 812 g/mol. The lowest BCUT2D eigenvalue weighted by Crippen LogP contribution is -2.82. The first-order valence-corrected chi connectivity index (χ1v) is 21.5. The van der Waals surface area contributed by atoms with E-state index in [1.54, 1.807) is 7.11 Å². The van der Waals surface area contributed by atoms with Crippen LogP contribution < -0.4 is 9.64 Å². The number of aromatic amines is 1. The maximum Gasteiger partial charge on any atom is 0.344 e. The van der Waals surface area contributed by atoms with Crippen LogP contribution in [0.15, 0.2) is 36.4 Å². The molecular formula is C46H60N4O9. The summed E-state index contributed by atoms with van der Waals surface area (Å²) in [6.45, 7) is 8.96. The number of carbonyl (C=O) groups is 3. The second-order valence-corrected chi connectivity index (χ2v) is 18.6. The molecule has 3 aromatic rings. The van der Waals surface area contributed by atoms with Crippen LogP contribution in [0.4, 0.5) is 5.69 Å². The number of aliphatic hydroxyl groups is 2. The molecule has 5 aliphatic heterocycles. The lowest BCUT2D eigenvalue weighted by molar-refractivity contribution is -0.242. The van der Waals surface area contributed by atoms with Crippen molar-refractivity contribution in [3.8, 4) is 5.75 Å². The highest BCUT2D eigenvalue weighted by molar-refractivity contribution is 5.95. The van der Waals surface area contributed by atoms with Gasteiger partial charge in [0.2, 0.25) is 5.60 Å². The molecule has 1 saturated carbocycles. The highest BCUT2D eigenvalue weighted by Crippen LogP contribution is 2.69. The minimum absolute atomic E-state index is 0.0895. The first-order chi connectivity index (χ1) is 28.2. The molecule has 3 N–H and O–H groups in total. The average Bonchev–Trinajstić information content (AvgIpc) is 3.90. The Morgan fingerprint density at radius 3 is 2.37 bits per heavy atom. The van der Waals surface area contributed by atoms with E-state index < -0.39 is 57.5 Å². The van der Waals surface area contributed by atoms with Crippen LogP contribution in [0, 0.1) is 11.3 Å². The van der Waals surface area contributed by atoms with Gasteiger partial charge in [-0.1, -0.05) is 32.0 Å². The number of nitrogens with one attached hydrogen (secondary N) is 1. The summed E-state index contributed by atoms with van der Waals surface area (Å²) >= 11 is 0. The highest BCUT2D eigenvalue weighted by atomic mass is 16.6. The standard InChI is InChI=1S/C46H60N4O9/c1-8-42(54)23-28-24-45(40(52)57-6,36-30(15-19-49(25-28)26-42)29-13-10-11-14-33(29)47-36)32-21-31-34(22-35(32)56-5)48(4)38-44(31)17-20-50-18-12-16-43(9-2,37(44)50)39(59-27(3)51)46(38,55)41(53)58-7/h10-11,13-14,21-22,28,37-39,47,54-55H,8-9,12,15-20,23-26H2,1-7H3/t28-,37+,38-,39-,42+,43-,44-,45+,46+/m1/s1. The molecule has 59 heavy (non-hydrogen) atoms. The van der Waals surface area contributed by atoms with E-state index in [1.165, 1.54) is 21.1 Å². The fraction of sp³-hybridized carbons (Fsp3) is 0.630. The van der Waals surface area contributed by atoms with E-state index in [4.69, 9.17) is 18.9 Å². The van der Waals surface area contributed by atoms with Gasteiger partial charge in [0.15, 0.2) is 6.10 Å². The molecule has 1 aromatic heterocycles. The van der Waals surface area contributed by atoms with Crippen LogP contribution in [0.25, 0.3) is 10.9 Å². The lowest BCUT2D eigenvalue weighted by atomic mass is 9.46. The number of para-hydroxylation sites is 1. The molecule has 6 heterocycles. The molecule has 10 atom stereocenters. The van der Waals surface area contributed by atoms with Crippen LogP contribution in [0.3, 0.4) is 0 Å². The predicted molar refractivity (Wildman–Crippen MR) is 221 cm³/mol. The van der Waals surface area contributed by atoms with Gasteiger partial charge in [0.05, 0.1) is 33.0 Å². The highest BCUT2D eigenvalue weighted by Gasteiger charge is 2.81. The molecule has 4 fully saturated rings. The van der Waals surface area contributed by atoms with E-state index in [9.17, 15) is 19.8 Å². The van der Waals surface area contributed by atoms with Gasteiger partial charge in [0.1, 0.15) is 11.2 Å². The summed E-state index contributed by atoms with van der Waals surface area (Å²) in [6, 6.07) is 11.1. The number of hydrogen-bond donors (Lipinski definition) is 3. The first-order valence-electron chi connectivity index (χ1n) is 21.5. The summed E-state index contributed by atoms with van der Waals surface area (Å²) in [4.78, 5) is 53.3. The van der Waals surface area contributed by atoms with Crippen molar-refractivity contribution < 1.29 is 43.5 Å². The van der Waals surface area contributed by atoms with Gasteiger partial charge in [-0.2, -0.15) is 0 Å². The number of benzene rings is 2. The fourth-order valence-electron chi connectivity index (χ4n) is 14.0. The van der Waals surface area contributed by atoms with Crippen LogP contribution in [0.2, 0.25) is 0 Å². The Balaban J connectivity index is 1.36. The number of likely N-dealkylation sites (N-methyl/N-ethyl adjacent to an activating group) is 1. The fourth-order valence-corrected chi connectivity index (χ4v) is 14.0. The topological polar surface area (TPSA) is 154 Å². The number of nitrogens with zero attached hydrogens (tertiary/aromatic N) is 3. The Bertz CT molecular complexity index is 2210. The Morgan fingerprint density at radius 2 is 1.68 bits per heavy atom. The molecule has 0 radical (unpaired) electrons. The summed E-state index contributed by atoms with van der Waals surface area (Å²) in [5, 5.41) is 26.4. The maximum absolute atomic E-state index is 15.3. The number of ether oxygens (including phenoxy) is 4. The van der Waals surface area contributed by atoms with Gasteiger partial charge in [0.25, 0.3) is 0 Å². The predicted octanol–water partition coefficient (Wildman–Crippen LogP) is 4.21. The molecule has 13 heteroatoms. The van der Waals surface area contributed by atoms with Gasteiger partial charge < -0.3 is 39.0 Å². The Kier molecular flexibility index (Phi) is 9.51. The van der Waals surface area contributed by atoms with Gasteiger partial charge in [-0.25, -0.2) is 4.79 Å². The Hall–Kier alpha value is -4.17. The number of H-pyrrole nitrogens is 1. The molecule has 0 amide bonds. The van der Waals surface area contributed by atoms with Crippen molar-refractivity contribution in [2.24, 2.45) is 11.3 Å². The summed E-state index contributed by atoms with van der Waals surface area (Å²) < 4.78 is 24.0. The van der Waals surface area contributed by atoms with Crippen LogP contribution in [-0.4, -0.2) is 133 Å². The van der Waals surface area contributed by atoms with Crippen molar-refractivity contribution in [3.63, 3.8) is 0 Å². The Morgan fingerprint density at radius 1 is 0.915 bits per heavy atom. The Labute approximate surface area is 346 Å². The van der Waals surface area contributed by atoms with Crippen LogP contribution >= 0.6 is 0 Å². The number of esters is 3. The molecule has 2 bridgehead atoms. The van der Waals surface area contributed by atoms with E-state index in [0.29, 0.717) is 82.4 Å². The van der Waals surface area contributed by atoms with Gasteiger partial charge >= 0.3 is 17.9 Å². The zero-order chi connectivity index (χ0) is 41.9. The second-order valence-electron chi connectivity index (χ2n) is 18.6. The molecule has 1 unspecified atom stereocenters. The van der Waals surface area contributed by atoms with Crippen molar-refractivity contribution in [2.75, 3.05) is 66.0 Å². The van der Waals surface area contributed by atoms with Crippen LogP contribution in [0.5, 0.6) is 5.75 Å². The van der Waals surface area contributed by atoms with Gasteiger partial charge in [-0.15, -0.1) is 0 Å². The van der Waals surface area contributed by atoms with E-state index in [0.717, 1.165) is 46.4 Å². The molecule has 9 rings (SSSR count). The SMILES string of the molecule is CC[C@]1(O)C[C@H]2CN(CCc3c([nH]c4ccccc34)[C@@](C(=O)OC)(c3cc4c(cc3OC)N(C)[C@H]3[C@@](O)(C(=O)OC)[C@H](OC(C)=O)[C@]5(CC)CCCN6CC[C@]43[C@@H]65)C2)C1. The molecule has 3 saturated heterocycles. The van der Waals surface area contributed by atoms with E-state index in [1.807, 2.05) is 43.1 Å². The smallest absolute Gasteiger partial charge is 0.344 e. The number of carbonyl (C=O) groups excluding carboxylic acids is 3. The quantitative estimate of drug-likeness (QED) is 0.232. The number of hydrogen-bond acceptors (Lipinski definition) is 12. The van der Waals surface area contributed by atoms with Crippen molar-refractivity contribution >= 4 is 34.5 Å². The van der Waals surface area contributed by atoms with Crippen LogP contribution in [0.1, 0.15) is 88.1 Å². The van der Waals surface area contributed by atoms with E-state index in [-0.39, 0.29) is 12.0 Å². The number of aromatic nitrogens is 1. The molecule has 13 nitrogen and oxygen atoms in total. The van der Waals surface area contributed by atoms with Crippen molar-refractivity contribution in [2.45, 2.75) is 112 Å². The maximum atomic E-state index is 15.3. The zero-order valence-electron chi connectivity index (χ0n) is 35.6. The third-order valence-electron chi connectivity index (χ3n) is 16.0. The molecule has 6 aliphatic rings. The summed E-state index contributed by atoms with van der Waals surface area (Å²) in [5.74, 6) is -1.46. The molecule has 318 valence electrons. The van der Waals surface area contributed by atoms with Gasteiger partial charge in [0, 0.05) is 84.4 Å². The number of fused-ring (bicyclic) bond motifs is 6. The number of piperidine rings is 2. The molecule has 1 aliphatic carbocycles. The second kappa shape index (κ2) is 13.9. The minimum Gasteiger partial charge on any atom is -0.496 e. The number of methoxy groups -OCH3 is 3. The third-order valence-corrected chi connectivity index (χ3v) is 16.0. The average molecular weight is 813 g/mol. The lowest BCUT2D eigenvalue weighted by Gasteiger charge is -2.65. The first kappa shape index (κ1) is 40.2. The molecular weight excluding hydrogens is 753 g/mol. The van der Waals surface area contributed by atoms with Crippen molar-refractivity contribution in [1.82, 2.24) is 14.8 Å². The molecule has 2 aromatic carbocycles. The summed E-state index contributed by atoms with van der Waals surface area (Å²) in [6.07, 6.45) is 3.54. The van der Waals surface area contributed by atoms with Crippen LogP contribution in [-0.2, 0) is 45.8 Å². The van der Waals surface area contributed by atoms with E-state index in [2.05, 4.69) is 33.8 Å². The summed E-state index contributed by atoms with van der Waals surface area (Å²) in [7, 11) is 6.21. The third kappa shape index (κ3) is 5.26. The van der Waals surface area contributed by atoms with Crippen molar-refractivity contribution in [3.05, 3.63) is 58.8 Å². The molecule has 1 spiro atoms. The van der Waals surface area contributed by atoms with Gasteiger partial charge in [-0.05, 0) is 93.6 Å². The summed E-state index contributed by atoms with van der Waals surface area (Å²) in [5.41, 5.74) is -1.22. The zero-order valence-corrected chi connectivity index (χ0v) is 35.6. The number of rotatable bonds is 7. The minimum atomic E-state index is -2.25. The van der Waals surface area contributed by atoms with Gasteiger partial charge in [-0.3, -0.25) is 19.4 Å². The normalized spacial score (nSPS) is 37.2.